The molecule has 3 rings (SSSR count). The van der Waals surface area contributed by atoms with Crippen molar-refractivity contribution in [1.82, 2.24) is 5.32 Å². The van der Waals surface area contributed by atoms with Crippen molar-refractivity contribution in [2.75, 3.05) is 6.54 Å². The van der Waals surface area contributed by atoms with E-state index in [0.29, 0.717) is 18.0 Å². The molecule has 2 aromatic rings. The molecule has 24 heavy (non-hydrogen) atoms. The zero-order chi connectivity index (χ0) is 16.8. The van der Waals surface area contributed by atoms with Gasteiger partial charge in [0.2, 0.25) is 0 Å². The Bertz CT molecular complexity index is 645. The average molecular weight is 323 g/mol. The summed E-state index contributed by atoms with van der Waals surface area (Å²) in [5, 5.41) is 13.1. The third kappa shape index (κ3) is 4.24. The molecule has 3 heteroatoms. The van der Waals surface area contributed by atoms with Gasteiger partial charge in [0.15, 0.2) is 0 Å². The molecular weight excluding hydrogens is 298 g/mol. The Morgan fingerprint density at radius 1 is 0.958 bits per heavy atom. The van der Waals surface area contributed by atoms with Crippen LogP contribution in [0, 0.1) is 5.92 Å². The number of hydrogen-bond acceptors (Lipinski definition) is 2. The lowest BCUT2D eigenvalue weighted by atomic mass is 9.85. The predicted molar refractivity (Wildman–Crippen MR) is 96.8 cm³/mol. The Kier molecular flexibility index (Phi) is 5.65. The maximum Gasteiger partial charge on any atom is 0.251 e. The highest BCUT2D eigenvalue weighted by Crippen LogP contribution is 2.26. The summed E-state index contributed by atoms with van der Waals surface area (Å²) in [6.07, 6.45) is 5.36. The van der Waals surface area contributed by atoms with Gasteiger partial charge in [-0.1, -0.05) is 61.7 Å². The lowest BCUT2D eigenvalue weighted by molar-refractivity contribution is 0.0738. The number of benzene rings is 2. The predicted octanol–water partition coefficient (Wildman–Crippen LogP) is 4.02. The number of rotatable bonds is 5. The summed E-state index contributed by atoms with van der Waals surface area (Å²) in [7, 11) is 0. The number of carbonyl (C=O) groups excluding carboxylic acids is 1. The van der Waals surface area contributed by atoms with Crippen LogP contribution in [0.25, 0.3) is 11.1 Å². The molecule has 126 valence electrons. The molecule has 1 aliphatic carbocycles. The molecule has 0 saturated heterocycles. The molecule has 0 aliphatic heterocycles. The van der Waals surface area contributed by atoms with E-state index in [4.69, 9.17) is 0 Å². The summed E-state index contributed by atoms with van der Waals surface area (Å²) < 4.78 is 0. The average Bonchev–Trinajstić information content (AvgIpc) is 2.67. The van der Waals surface area contributed by atoms with Crippen molar-refractivity contribution in [2.24, 2.45) is 5.92 Å². The van der Waals surface area contributed by atoms with Gasteiger partial charge in [-0.3, -0.25) is 4.79 Å². The molecule has 3 nitrogen and oxygen atoms in total. The summed E-state index contributed by atoms with van der Waals surface area (Å²) in [6, 6.07) is 17.7. The second-order valence-corrected chi connectivity index (χ2v) is 6.62. The van der Waals surface area contributed by atoms with Crippen LogP contribution in [0.1, 0.15) is 42.5 Å². The van der Waals surface area contributed by atoms with Gasteiger partial charge in [-0.2, -0.15) is 0 Å². The summed E-state index contributed by atoms with van der Waals surface area (Å²) in [5.74, 6) is 0.212. The number of carbonyl (C=O) groups is 1. The number of aliphatic hydroxyl groups excluding tert-OH is 1. The highest BCUT2D eigenvalue weighted by atomic mass is 16.3. The summed E-state index contributed by atoms with van der Waals surface area (Å²) in [6.45, 7) is 0.337. The minimum Gasteiger partial charge on any atom is -0.391 e. The Morgan fingerprint density at radius 2 is 1.58 bits per heavy atom. The van der Waals surface area contributed by atoms with Crippen molar-refractivity contribution >= 4 is 5.91 Å². The SMILES string of the molecule is O=C(NC[C@H](O)C1CCCCC1)c1ccc(-c2ccccc2)cc1. The van der Waals surface area contributed by atoms with Crippen LogP contribution in [0.15, 0.2) is 54.6 Å². The quantitative estimate of drug-likeness (QED) is 0.873. The smallest absolute Gasteiger partial charge is 0.251 e. The van der Waals surface area contributed by atoms with E-state index in [2.05, 4.69) is 17.4 Å². The van der Waals surface area contributed by atoms with Crippen LogP contribution < -0.4 is 5.32 Å². The van der Waals surface area contributed by atoms with E-state index in [1.807, 2.05) is 42.5 Å². The lowest BCUT2D eigenvalue weighted by Gasteiger charge is -2.26. The van der Waals surface area contributed by atoms with Crippen LogP contribution in [0.2, 0.25) is 0 Å². The third-order valence-corrected chi connectivity index (χ3v) is 4.92. The minimum atomic E-state index is -0.433. The van der Waals surface area contributed by atoms with Gasteiger partial charge < -0.3 is 10.4 Å². The van der Waals surface area contributed by atoms with Crippen molar-refractivity contribution < 1.29 is 9.90 Å². The van der Waals surface area contributed by atoms with Gasteiger partial charge in [-0.05, 0) is 42.0 Å². The second-order valence-electron chi connectivity index (χ2n) is 6.62. The molecule has 0 spiro atoms. The second kappa shape index (κ2) is 8.11. The first-order chi connectivity index (χ1) is 11.7. The van der Waals surface area contributed by atoms with E-state index < -0.39 is 6.10 Å². The zero-order valence-electron chi connectivity index (χ0n) is 13.9. The van der Waals surface area contributed by atoms with E-state index in [1.165, 1.54) is 19.3 Å². The van der Waals surface area contributed by atoms with Gasteiger partial charge in [-0.25, -0.2) is 0 Å². The summed E-state index contributed by atoms with van der Waals surface area (Å²) in [5.41, 5.74) is 2.86. The van der Waals surface area contributed by atoms with Crippen molar-refractivity contribution in [3.63, 3.8) is 0 Å². The molecule has 0 aromatic heterocycles. The van der Waals surface area contributed by atoms with Crippen LogP contribution in [0.4, 0.5) is 0 Å². The fraction of sp³-hybridized carbons (Fsp3) is 0.381. The summed E-state index contributed by atoms with van der Waals surface area (Å²) >= 11 is 0. The number of nitrogens with one attached hydrogen (secondary N) is 1. The van der Waals surface area contributed by atoms with Gasteiger partial charge in [0, 0.05) is 12.1 Å². The van der Waals surface area contributed by atoms with Crippen LogP contribution in [-0.4, -0.2) is 23.7 Å². The fourth-order valence-corrected chi connectivity index (χ4v) is 3.43. The first-order valence-corrected chi connectivity index (χ1v) is 8.86. The van der Waals surface area contributed by atoms with Gasteiger partial charge in [0.1, 0.15) is 0 Å². The van der Waals surface area contributed by atoms with Crippen LogP contribution in [0.5, 0.6) is 0 Å². The fourth-order valence-electron chi connectivity index (χ4n) is 3.43. The molecule has 0 unspecified atom stereocenters. The standard InChI is InChI=1S/C21H25NO2/c23-20(18-9-5-2-6-10-18)15-22-21(24)19-13-11-17(12-14-19)16-7-3-1-4-8-16/h1,3-4,7-8,11-14,18,20,23H,2,5-6,9-10,15H2,(H,22,24)/t20-/m0/s1. The van der Waals surface area contributed by atoms with E-state index in [0.717, 1.165) is 24.0 Å². The maximum atomic E-state index is 12.3. The number of hydrogen-bond donors (Lipinski definition) is 2. The van der Waals surface area contributed by atoms with Crippen LogP contribution >= 0.6 is 0 Å². The first kappa shape index (κ1) is 16.7. The van der Waals surface area contributed by atoms with Gasteiger partial charge in [0.25, 0.3) is 5.91 Å². The molecule has 1 saturated carbocycles. The Hall–Kier alpha value is -2.13. The number of amides is 1. The van der Waals surface area contributed by atoms with Gasteiger partial charge >= 0.3 is 0 Å². The number of aliphatic hydroxyl groups is 1. The lowest BCUT2D eigenvalue weighted by Crippen LogP contribution is -2.37. The Morgan fingerprint density at radius 3 is 2.25 bits per heavy atom. The van der Waals surface area contributed by atoms with Crippen LogP contribution in [0.3, 0.4) is 0 Å². The molecule has 2 aromatic carbocycles. The Labute approximate surface area is 143 Å². The Balaban J connectivity index is 1.55. The van der Waals surface area contributed by atoms with Crippen molar-refractivity contribution in [3.8, 4) is 11.1 Å². The van der Waals surface area contributed by atoms with Gasteiger partial charge in [0.05, 0.1) is 6.10 Å². The van der Waals surface area contributed by atoms with Crippen molar-refractivity contribution in [1.29, 1.82) is 0 Å². The molecule has 1 amide bonds. The minimum absolute atomic E-state index is 0.121. The molecule has 1 aliphatic rings. The maximum absolute atomic E-state index is 12.3. The van der Waals surface area contributed by atoms with Crippen LogP contribution in [-0.2, 0) is 0 Å². The topological polar surface area (TPSA) is 49.3 Å². The highest BCUT2D eigenvalue weighted by molar-refractivity contribution is 5.94. The first-order valence-electron chi connectivity index (χ1n) is 8.86. The van der Waals surface area contributed by atoms with E-state index >= 15 is 0 Å². The van der Waals surface area contributed by atoms with Crippen molar-refractivity contribution in [2.45, 2.75) is 38.2 Å². The monoisotopic (exact) mass is 323 g/mol. The van der Waals surface area contributed by atoms with Crippen molar-refractivity contribution in [3.05, 3.63) is 60.2 Å². The highest BCUT2D eigenvalue weighted by Gasteiger charge is 2.22. The molecule has 0 radical (unpaired) electrons. The normalized spacial score (nSPS) is 16.5. The summed E-state index contributed by atoms with van der Waals surface area (Å²) in [4.78, 5) is 12.3. The molecule has 1 atom stereocenters. The van der Waals surface area contributed by atoms with E-state index in [1.54, 1.807) is 0 Å². The zero-order valence-corrected chi connectivity index (χ0v) is 13.9. The van der Waals surface area contributed by atoms with E-state index in [-0.39, 0.29) is 5.91 Å². The molecule has 0 heterocycles. The molecular formula is C21H25NO2. The van der Waals surface area contributed by atoms with Gasteiger partial charge in [-0.15, -0.1) is 0 Å². The van der Waals surface area contributed by atoms with E-state index in [9.17, 15) is 9.90 Å². The molecule has 0 bridgehead atoms. The molecule has 2 N–H and O–H groups in total. The molecule has 1 fully saturated rings. The third-order valence-electron chi connectivity index (χ3n) is 4.92. The largest absolute Gasteiger partial charge is 0.391 e.